The van der Waals surface area contributed by atoms with Crippen molar-refractivity contribution >= 4 is 15.9 Å². The lowest BCUT2D eigenvalue weighted by Crippen LogP contribution is -2.35. The van der Waals surface area contributed by atoms with E-state index in [1.54, 1.807) is 48.4 Å². The van der Waals surface area contributed by atoms with Gasteiger partial charge in [-0.25, -0.2) is 13.2 Å². The molecule has 2 aromatic carbocycles. The van der Waals surface area contributed by atoms with Crippen LogP contribution in [0.1, 0.15) is 44.2 Å². The van der Waals surface area contributed by atoms with Crippen LogP contribution in [0.4, 0.5) is 4.79 Å². The molecule has 0 aliphatic carbocycles. The molecule has 2 aromatic rings. The first-order valence-electron chi connectivity index (χ1n) is 9.99. The molecule has 7 heteroatoms. The van der Waals surface area contributed by atoms with E-state index in [1.807, 2.05) is 33.8 Å². The molecule has 0 spiro atoms. The number of sulfone groups is 1. The molecule has 6 nitrogen and oxygen atoms in total. The molecule has 1 fully saturated rings. The quantitative estimate of drug-likeness (QED) is 0.710. The van der Waals surface area contributed by atoms with Gasteiger partial charge in [-0.2, -0.15) is 0 Å². The summed E-state index contributed by atoms with van der Waals surface area (Å²) in [5.41, 5.74) is 1.44. The highest BCUT2D eigenvalue weighted by molar-refractivity contribution is 7.91. The maximum absolute atomic E-state index is 13.0. The second kappa shape index (κ2) is 8.30. The zero-order valence-corrected chi connectivity index (χ0v) is 19.0. The van der Waals surface area contributed by atoms with E-state index in [4.69, 9.17) is 9.47 Å². The van der Waals surface area contributed by atoms with Gasteiger partial charge in [0.1, 0.15) is 11.4 Å². The number of hydrogen-bond donors (Lipinski definition) is 0. The highest BCUT2D eigenvalue weighted by Crippen LogP contribution is 2.32. The Morgan fingerprint density at radius 3 is 2.27 bits per heavy atom. The van der Waals surface area contributed by atoms with Gasteiger partial charge in [0.25, 0.3) is 0 Å². The van der Waals surface area contributed by atoms with Crippen LogP contribution in [0.15, 0.2) is 52.3 Å². The molecule has 1 unspecified atom stereocenters. The number of methoxy groups -OCH3 is 1. The lowest BCUT2D eigenvalue weighted by atomic mass is 9.94. The number of aryl methyl sites for hydroxylation is 1. The first-order chi connectivity index (χ1) is 14.0. The molecular weight excluding hydrogens is 402 g/mol. The zero-order chi connectivity index (χ0) is 22.1. The summed E-state index contributed by atoms with van der Waals surface area (Å²) in [6.07, 6.45) is 0.520. The fourth-order valence-electron chi connectivity index (χ4n) is 3.67. The van der Waals surface area contributed by atoms with E-state index in [2.05, 4.69) is 0 Å². The van der Waals surface area contributed by atoms with Gasteiger partial charge in [0.2, 0.25) is 9.84 Å². The third kappa shape index (κ3) is 4.78. The van der Waals surface area contributed by atoms with Crippen molar-refractivity contribution in [3.8, 4) is 5.75 Å². The summed E-state index contributed by atoms with van der Waals surface area (Å²) >= 11 is 0. The topological polar surface area (TPSA) is 72.9 Å². The SMILES string of the molecule is COc1ccc(S(=O)(=O)c2ccc(C3CCN(C(=O)OC(C)(C)C)C3)c(C)c2)cc1. The van der Waals surface area contributed by atoms with Crippen LogP contribution >= 0.6 is 0 Å². The van der Waals surface area contributed by atoms with Crippen molar-refractivity contribution in [3.63, 3.8) is 0 Å². The van der Waals surface area contributed by atoms with Crippen LogP contribution < -0.4 is 4.74 Å². The summed E-state index contributed by atoms with van der Waals surface area (Å²) in [6.45, 7) is 8.67. The smallest absolute Gasteiger partial charge is 0.410 e. The summed E-state index contributed by atoms with van der Waals surface area (Å²) in [6, 6.07) is 11.6. The number of carbonyl (C=O) groups is 1. The molecule has 0 bridgehead atoms. The highest BCUT2D eigenvalue weighted by atomic mass is 32.2. The lowest BCUT2D eigenvalue weighted by molar-refractivity contribution is 0.0292. The molecule has 1 heterocycles. The van der Waals surface area contributed by atoms with E-state index in [0.717, 1.165) is 17.5 Å². The number of hydrogen-bond acceptors (Lipinski definition) is 5. The summed E-state index contributed by atoms with van der Waals surface area (Å²) < 4.78 is 36.5. The van der Waals surface area contributed by atoms with Crippen molar-refractivity contribution in [3.05, 3.63) is 53.6 Å². The van der Waals surface area contributed by atoms with E-state index in [1.165, 1.54) is 0 Å². The Hall–Kier alpha value is -2.54. The molecule has 0 N–H and O–H groups in total. The summed E-state index contributed by atoms with van der Waals surface area (Å²) in [7, 11) is -2.07. The Balaban J connectivity index is 1.78. The number of rotatable bonds is 4. The van der Waals surface area contributed by atoms with Gasteiger partial charge in [-0.1, -0.05) is 6.07 Å². The monoisotopic (exact) mass is 431 g/mol. The predicted octanol–water partition coefficient (Wildman–Crippen LogP) is 4.56. The molecule has 30 heavy (non-hydrogen) atoms. The molecule has 0 saturated carbocycles. The molecule has 1 amide bonds. The maximum atomic E-state index is 13.0. The summed E-state index contributed by atoms with van der Waals surface area (Å²) in [5, 5.41) is 0. The van der Waals surface area contributed by atoms with Crippen molar-refractivity contribution in [2.75, 3.05) is 20.2 Å². The Morgan fingerprint density at radius 2 is 1.70 bits per heavy atom. The fourth-order valence-corrected chi connectivity index (χ4v) is 5.02. The Morgan fingerprint density at radius 1 is 1.07 bits per heavy atom. The normalized spacial score (nSPS) is 17.1. The fraction of sp³-hybridized carbons (Fsp3) is 0.435. The van der Waals surface area contributed by atoms with E-state index >= 15 is 0 Å². The molecule has 1 atom stereocenters. The van der Waals surface area contributed by atoms with Crippen LogP contribution in [0.5, 0.6) is 5.75 Å². The largest absolute Gasteiger partial charge is 0.497 e. The number of amides is 1. The Bertz CT molecular complexity index is 1020. The molecule has 1 aliphatic heterocycles. The zero-order valence-electron chi connectivity index (χ0n) is 18.1. The van der Waals surface area contributed by atoms with Crippen molar-refractivity contribution < 1.29 is 22.7 Å². The number of benzene rings is 2. The number of ether oxygens (including phenoxy) is 2. The first kappa shape index (κ1) is 22.2. The van der Waals surface area contributed by atoms with Gasteiger partial charge in [0.15, 0.2) is 0 Å². The van der Waals surface area contributed by atoms with E-state index in [0.29, 0.717) is 18.8 Å². The molecule has 3 rings (SSSR count). The first-order valence-corrected chi connectivity index (χ1v) is 11.5. The molecular formula is C23H29NO5S. The minimum absolute atomic E-state index is 0.162. The van der Waals surface area contributed by atoms with Crippen LogP contribution in [0, 0.1) is 6.92 Å². The van der Waals surface area contributed by atoms with Crippen molar-refractivity contribution in [2.45, 2.75) is 55.4 Å². The Kier molecular flexibility index (Phi) is 6.13. The summed E-state index contributed by atoms with van der Waals surface area (Å²) in [5.74, 6) is 0.770. The van der Waals surface area contributed by atoms with Gasteiger partial charge >= 0.3 is 6.09 Å². The second-order valence-corrected chi connectivity index (χ2v) is 10.6. The van der Waals surface area contributed by atoms with E-state index in [9.17, 15) is 13.2 Å². The van der Waals surface area contributed by atoms with Gasteiger partial charge in [-0.05, 0) is 81.6 Å². The Labute approximate surface area is 178 Å². The number of carbonyl (C=O) groups excluding carboxylic acids is 1. The maximum Gasteiger partial charge on any atom is 0.410 e. The molecule has 0 aromatic heterocycles. The van der Waals surface area contributed by atoms with Crippen molar-refractivity contribution in [1.82, 2.24) is 4.90 Å². The third-order valence-corrected chi connectivity index (χ3v) is 6.97. The third-order valence-electron chi connectivity index (χ3n) is 5.20. The lowest BCUT2D eigenvalue weighted by Gasteiger charge is -2.24. The van der Waals surface area contributed by atoms with Crippen LogP contribution in [-0.2, 0) is 14.6 Å². The van der Waals surface area contributed by atoms with Crippen LogP contribution in [0.2, 0.25) is 0 Å². The van der Waals surface area contributed by atoms with Gasteiger partial charge in [-0.15, -0.1) is 0 Å². The van der Waals surface area contributed by atoms with Crippen LogP contribution in [0.25, 0.3) is 0 Å². The predicted molar refractivity (Wildman–Crippen MR) is 115 cm³/mol. The molecule has 1 saturated heterocycles. The number of likely N-dealkylation sites (tertiary alicyclic amines) is 1. The average Bonchev–Trinajstić information content (AvgIpc) is 3.16. The number of nitrogens with zero attached hydrogens (tertiary/aromatic N) is 1. The van der Waals surface area contributed by atoms with Gasteiger partial charge in [-0.3, -0.25) is 0 Å². The van der Waals surface area contributed by atoms with Crippen LogP contribution in [-0.4, -0.2) is 45.2 Å². The average molecular weight is 432 g/mol. The van der Waals surface area contributed by atoms with Crippen molar-refractivity contribution in [1.29, 1.82) is 0 Å². The van der Waals surface area contributed by atoms with Gasteiger partial charge < -0.3 is 14.4 Å². The molecule has 162 valence electrons. The minimum atomic E-state index is -3.61. The standard InChI is InChI=1S/C23H29NO5S/c1-16-14-20(30(26,27)19-8-6-18(28-5)7-9-19)10-11-21(16)17-12-13-24(15-17)22(25)29-23(2,3)4/h6-11,14,17H,12-13,15H2,1-5H3. The second-order valence-electron chi connectivity index (χ2n) is 8.61. The molecule has 1 aliphatic rings. The van der Waals surface area contributed by atoms with Gasteiger partial charge in [0, 0.05) is 19.0 Å². The van der Waals surface area contributed by atoms with Gasteiger partial charge in [0.05, 0.1) is 16.9 Å². The summed E-state index contributed by atoms with van der Waals surface area (Å²) in [4.78, 5) is 14.5. The van der Waals surface area contributed by atoms with Crippen molar-refractivity contribution in [2.24, 2.45) is 0 Å². The highest BCUT2D eigenvalue weighted by Gasteiger charge is 2.31. The molecule has 0 radical (unpaired) electrons. The van der Waals surface area contributed by atoms with Crippen LogP contribution in [0.3, 0.4) is 0 Å². The van der Waals surface area contributed by atoms with E-state index in [-0.39, 0.29) is 21.8 Å². The van der Waals surface area contributed by atoms with E-state index < -0.39 is 15.4 Å². The minimum Gasteiger partial charge on any atom is -0.497 e.